The minimum Gasteiger partial charge on any atom is -0.390 e. The molecule has 11 nitrogen and oxygen atoms in total. The first kappa shape index (κ1) is 28.5. The van der Waals surface area contributed by atoms with Crippen molar-refractivity contribution in [2.24, 2.45) is 0 Å². The van der Waals surface area contributed by atoms with E-state index in [1.54, 1.807) is 27.4 Å². The van der Waals surface area contributed by atoms with Crippen molar-refractivity contribution in [2.45, 2.75) is 73.9 Å². The summed E-state index contributed by atoms with van der Waals surface area (Å²) in [4.78, 5) is 0. The summed E-state index contributed by atoms with van der Waals surface area (Å²) in [6.45, 7) is 3.96. The van der Waals surface area contributed by atoms with E-state index in [1.165, 1.54) is 28.4 Å². The molecule has 2 fully saturated rings. The molecule has 11 heteroatoms. The van der Waals surface area contributed by atoms with Crippen LogP contribution in [0.2, 0.25) is 0 Å². The van der Waals surface area contributed by atoms with Crippen LogP contribution in [0.1, 0.15) is 6.42 Å². The van der Waals surface area contributed by atoms with Gasteiger partial charge in [0.1, 0.15) is 48.8 Å². The molecule has 0 saturated carbocycles. The lowest BCUT2D eigenvalue weighted by Crippen LogP contribution is -2.67. The zero-order chi connectivity index (χ0) is 24.5. The Labute approximate surface area is 196 Å². The molecule has 33 heavy (non-hydrogen) atoms. The smallest absolute Gasteiger partial charge is 0.187 e. The third-order valence-corrected chi connectivity index (χ3v) is 6.12. The van der Waals surface area contributed by atoms with Crippen molar-refractivity contribution in [1.82, 2.24) is 0 Å². The van der Waals surface area contributed by atoms with Crippen LogP contribution in [-0.4, -0.2) is 129 Å². The molecule has 11 atom stereocenters. The number of aliphatic hydroxyl groups excluding tert-OH is 1. The zero-order valence-electron chi connectivity index (χ0n) is 20.6. The lowest BCUT2D eigenvalue weighted by atomic mass is 9.92. The quantitative estimate of drug-likeness (QED) is 0.363. The molecule has 194 valence electrons. The molecule has 0 aromatic rings. The first-order valence-electron chi connectivity index (χ1n) is 10.9. The topological polar surface area (TPSA) is 113 Å². The van der Waals surface area contributed by atoms with E-state index in [1.807, 2.05) is 0 Å². The van der Waals surface area contributed by atoms with Crippen LogP contribution in [0.4, 0.5) is 0 Å². The van der Waals surface area contributed by atoms with E-state index >= 15 is 0 Å². The fourth-order valence-corrected chi connectivity index (χ4v) is 4.55. The fourth-order valence-electron chi connectivity index (χ4n) is 4.55. The van der Waals surface area contributed by atoms with Gasteiger partial charge >= 0.3 is 0 Å². The highest BCUT2D eigenvalue weighted by Gasteiger charge is 2.54. The zero-order valence-corrected chi connectivity index (χ0v) is 20.6. The Morgan fingerprint density at radius 3 is 1.76 bits per heavy atom. The van der Waals surface area contributed by atoms with Crippen molar-refractivity contribution in [3.63, 3.8) is 0 Å². The van der Waals surface area contributed by atoms with Crippen molar-refractivity contribution in [2.75, 3.05) is 56.4 Å². The monoisotopic (exact) mass is 480 g/mol. The minimum atomic E-state index is -0.940. The summed E-state index contributed by atoms with van der Waals surface area (Å²) in [5.41, 5.74) is 0. The number of hydrogen-bond acceptors (Lipinski definition) is 11. The first-order chi connectivity index (χ1) is 15.9. The van der Waals surface area contributed by atoms with Gasteiger partial charge in [-0.1, -0.05) is 6.08 Å². The van der Waals surface area contributed by atoms with Crippen molar-refractivity contribution >= 4 is 0 Å². The molecule has 1 N–H and O–H groups in total. The Morgan fingerprint density at radius 1 is 0.727 bits per heavy atom. The second-order valence-electron chi connectivity index (χ2n) is 7.90. The van der Waals surface area contributed by atoms with Gasteiger partial charge < -0.3 is 52.5 Å². The van der Waals surface area contributed by atoms with Gasteiger partial charge in [-0.2, -0.15) is 0 Å². The average Bonchev–Trinajstić information content (AvgIpc) is 2.83. The van der Waals surface area contributed by atoms with E-state index in [2.05, 4.69) is 6.58 Å². The largest absolute Gasteiger partial charge is 0.390 e. The molecular formula is C22H40O11. The number of rotatable bonds is 13. The highest BCUT2D eigenvalue weighted by atomic mass is 16.8. The summed E-state index contributed by atoms with van der Waals surface area (Å²) < 4.78 is 57.8. The van der Waals surface area contributed by atoms with Gasteiger partial charge in [-0.3, -0.25) is 0 Å². The maximum Gasteiger partial charge on any atom is 0.187 e. The summed E-state index contributed by atoms with van der Waals surface area (Å²) in [6.07, 6.45) is -5.76. The second-order valence-corrected chi connectivity index (χ2v) is 7.90. The maximum absolute atomic E-state index is 10.8. The summed E-state index contributed by atoms with van der Waals surface area (Å²) in [5, 5.41) is 10.8. The first-order valence-corrected chi connectivity index (χ1v) is 10.9. The van der Waals surface area contributed by atoms with Crippen molar-refractivity contribution in [1.29, 1.82) is 0 Å². The van der Waals surface area contributed by atoms with Crippen molar-refractivity contribution in [3.05, 3.63) is 12.7 Å². The van der Waals surface area contributed by atoms with Gasteiger partial charge in [-0.05, 0) is 6.42 Å². The molecule has 0 unspecified atom stereocenters. The Bertz CT molecular complexity index is 564. The summed E-state index contributed by atoms with van der Waals surface area (Å²) in [7, 11) is 10.8. The molecule has 2 aliphatic heterocycles. The Balaban J connectivity index is 2.40. The van der Waals surface area contributed by atoms with Gasteiger partial charge in [-0.25, -0.2) is 0 Å². The molecule has 0 amide bonds. The number of methoxy groups -OCH3 is 7. The van der Waals surface area contributed by atoms with Crippen molar-refractivity contribution in [3.8, 4) is 0 Å². The molecule has 0 spiro atoms. The van der Waals surface area contributed by atoms with Crippen LogP contribution in [0.3, 0.4) is 0 Å². The van der Waals surface area contributed by atoms with Crippen LogP contribution in [0.25, 0.3) is 0 Å². The molecule has 2 rings (SSSR count). The minimum absolute atomic E-state index is 0.249. The van der Waals surface area contributed by atoms with Gasteiger partial charge in [0, 0.05) is 49.8 Å². The Kier molecular flexibility index (Phi) is 12.1. The fraction of sp³-hybridized carbons (Fsp3) is 0.909. The van der Waals surface area contributed by atoms with Crippen LogP contribution in [-0.2, 0) is 47.4 Å². The van der Waals surface area contributed by atoms with E-state index in [9.17, 15) is 5.11 Å². The van der Waals surface area contributed by atoms with Crippen LogP contribution < -0.4 is 0 Å². The second kappa shape index (κ2) is 14.0. The van der Waals surface area contributed by atoms with Gasteiger partial charge in [0.25, 0.3) is 0 Å². The standard InChI is InChI=1S/C22H40O11/c1-9-10-12(23)14-18(17(27-5)19(28-6)21(30-8)32-14)33-22-20(29-7)16(26-4)15(25-3)13(31-22)11-24-2/h9,12-23H,1,10-11H2,2-8H3/t12-,13+,14+,15+,16-,17-,18+,19+,20+,21+,22+/m0/s1. The maximum atomic E-state index is 10.8. The van der Waals surface area contributed by atoms with Crippen LogP contribution in [0, 0.1) is 0 Å². The highest BCUT2D eigenvalue weighted by Crippen LogP contribution is 2.35. The molecule has 0 radical (unpaired) electrons. The van der Waals surface area contributed by atoms with E-state index < -0.39 is 67.5 Å². The summed E-state index contributed by atoms with van der Waals surface area (Å²) in [6, 6.07) is 0. The molecule has 2 aliphatic rings. The molecular weight excluding hydrogens is 440 g/mol. The van der Waals surface area contributed by atoms with Crippen LogP contribution in [0.15, 0.2) is 12.7 Å². The summed E-state index contributed by atoms with van der Waals surface area (Å²) in [5.74, 6) is 0. The van der Waals surface area contributed by atoms with Gasteiger partial charge in [0.05, 0.1) is 12.7 Å². The normalized spacial score (nSPS) is 40.5. The van der Waals surface area contributed by atoms with Crippen LogP contribution in [0.5, 0.6) is 0 Å². The number of aliphatic hydroxyl groups is 1. The average molecular weight is 481 g/mol. The molecule has 0 aliphatic carbocycles. The Morgan fingerprint density at radius 2 is 1.27 bits per heavy atom. The van der Waals surface area contributed by atoms with E-state index in [0.29, 0.717) is 0 Å². The third-order valence-electron chi connectivity index (χ3n) is 6.12. The predicted molar refractivity (Wildman–Crippen MR) is 116 cm³/mol. The lowest BCUT2D eigenvalue weighted by molar-refractivity contribution is -0.369. The third kappa shape index (κ3) is 6.30. The van der Waals surface area contributed by atoms with E-state index in [-0.39, 0.29) is 13.0 Å². The predicted octanol–water partition coefficient (Wildman–Crippen LogP) is 0.126. The Hall–Kier alpha value is -0.700. The SMILES string of the molecule is C=CC[C@H](O)[C@H]1O[C@@H](OC)[C@H](OC)[C@@H](OC)[C@@H]1O[C@H]1O[C@H](COC)[C@@H](OC)[C@H](OC)[C@H]1OC. The summed E-state index contributed by atoms with van der Waals surface area (Å²) >= 11 is 0. The van der Waals surface area contributed by atoms with E-state index in [4.69, 9.17) is 47.4 Å². The highest BCUT2D eigenvalue weighted by molar-refractivity contribution is 4.99. The van der Waals surface area contributed by atoms with Crippen LogP contribution >= 0.6 is 0 Å². The lowest BCUT2D eigenvalue weighted by Gasteiger charge is -2.49. The van der Waals surface area contributed by atoms with Gasteiger partial charge in [0.15, 0.2) is 12.6 Å². The molecule has 0 aromatic carbocycles. The number of ether oxygens (including phenoxy) is 10. The molecule has 2 heterocycles. The molecule has 2 saturated heterocycles. The van der Waals surface area contributed by atoms with Gasteiger partial charge in [0.2, 0.25) is 0 Å². The molecule has 0 aromatic heterocycles. The van der Waals surface area contributed by atoms with Gasteiger partial charge in [-0.15, -0.1) is 6.58 Å². The van der Waals surface area contributed by atoms with E-state index in [0.717, 1.165) is 0 Å². The molecule has 0 bridgehead atoms. The number of hydrogen-bond donors (Lipinski definition) is 1. The van der Waals surface area contributed by atoms with Crippen molar-refractivity contribution < 1.29 is 52.5 Å².